The molecule has 4 aromatic rings. The van der Waals surface area contributed by atoms with Crippen LogP contribution in [0, 0.1) is 6.92 Å². The molecule has 0 aliphatic heterocycles. The smallest absolute Gasteiger partial charge is 0.329 e. The zero-order valence-electron chi connectivity index (χ0n) is 19.8. The molecule has 0 radical (unpaired) electrons. The molecule has 34 heavy (non-hydrogen) atoms. The Labute approximate surface area is 196 Å². The highest BCUT2D eigenvalue weighted by molar-refractivity contribution is 6.11. The van der Waals surface area contributed by atoms with Crippen molar-refractivity contribution in [2.24, 2.45) is 0 Å². The van der Waals surface area contributed by atoms with Crippen LogP contribution in [0.5, 0.6) is 0 Å². The van der Waals surface area contributed by atoms with Gasteiger partial charge in [-0.1, -0.05) is 32.9 Å². The molecular formula is C25H28N6O3. The van der Waals surface area contributed by atoms with E-state index in [-0.39, 0.29) is 22.5 Å². The minimum Gasteiger partial charge on any atom is -0.331 e. The van der Waals surface area contributed by atoms with Crippen molar-refractivity contribution >= 4 is 22.6 Å². The Morgan fingerprint density at radius 3 is 2.53 bits per heavy atom. The van der Waals surface area contributed by atoms with Crippen LogP contribution in [0.3, 0.4) is 0 Å². The summed E-state index contributed by atoms with van der Waals surface area (Å²) in [5.74, 6) is 0.501. The topological polar surface area (TPSA) is 115 Å². The Balaban J connectivity index is 1.70. The Bertz CT molecular complexity index is 1460. The van der Waals surface area contributed by atoms with Gasteiger partial charge < -0.3 is 9.88 Å². The summed E-state index contributed by atoms with van der Waals surface area (Å²) in [6.45, 7) is 8.84. The molecule has 0 fully saturated rings. The third-order valence-electron chi connectivity index (χ3n) is 5.74. The number of rotatable bonds is 7. The molecule has 0 aliphatic rings. The van der Waals surface area contributed by atoms with Gasteiger partial charge in [-0.2, -0.15) is 0 Å². The van der Waals surface area contributed by atoms with Crippen LogP contribution in [0.2, 0.25) is 0 Å². The van der Waals surface area contributed by atoms with E-state index in [0.717, 1.165) is 11.4 Å². The number of amides is 1. The molecule has 0 saturated heterocycles. The summed E-state index contributed by atoms with van der Waals surface area (Å²) in [5.41, 5.74) is 1.59. The fourth-order valence-corrected chi connectivity index (χ4v) is 3.86. The molecule has 1 aromatic carbocycles. The molecule has 9 nitrogen and oxygen atoms in total. The summed E-state index contributed by atoms with van der Waals surface area (Å²) in [7, 11) is 0. The number of pyridine rings is 1. The molecule has 0 saturated carbocycles. The van der Waals surface area contributed by atoms with Gasteiger partial charge in [0.2, 0.25) is 0 Å². The maximum atomic E-state index is 13.3. The summed E-state index contributed by atoms with van der Waals surface area (Å²) < 4.78 is 3.46. The lowest BCUT2D eigenvalue weighted by Crippen LogP contribution is -2.32. The van der Waals surface area contributed by atoms with Gasteiger partial charge in [0.15, 0.2) is 5.65 Å². The van der Waals surface area contributed by atoms with Crippen molar-refractivity contribution in [3.8, 4) is 0 Å². The second kappa shape index (κ2) is 9.46. The summed E-state index contributed by atoms with van der Waals surface area (Å²) in [6, 6.07) is 9.15. The van der Waals surface area contributed by atoms with E-state index in [1.54, 1.807) is 12.3 Å². The fraction of sp³-hybridized carbons (Fsp3) is 0.320. The zero-order chi connectivity index (χ0) is 24.4. The van der Waals surface area contributed by atoms with Gasteiger partial charge in [0.05, 0.1) is 10.9 Å². The van der Waals surface area contributed by atoms with Crippen LogP contribution in [0.25, 0.3) is 11.0 Å². The molecule has 0 spiro atoms. The van der Waals surface area contributed by atoms with Crippen molar-refractivity contribution in [1.82, 2.24) is 24.1 Å². The number of hydrogen-bond donors (Lipinski definition) is 2. The van der Waals surface area contributed by atoms with Crippen molar-refractivity contribution in [2.75, 3.05) is 5.32 Å². The van der Waals surface area contributed by atoms with E-state index in [1.165, 1.54) is 4.57 Å². The number of nitrogens with one attached hydrogen (secondary N) is 2. The van der Waals surface area contributed by atoms with E-state index >= 15 is 0 Å². The van der Waals surface area contributed by atoms with E-state index in [4.69, 9.17) is 0 Å². The minimum atomic E-state index is -0.619. The van der Waals surface area contributed by atoms with Crippen LogP contribution in [-0.2, 0) is 13.1 Å². The lowest BCUT2D eigenvalue weighted by Gasteiger charge is -2.14. The standard InChI is InChI=1S/C25H28N6O3/c1-5-11-31-22-21(24(33)29-25(31)34)19(13-20(28-22)15(2)3)23(32)27-18-8-6-17(7-9-18)14-30-12-10-26-16(30)4/h6-10,12-13,15H,5,11,14H2,1-4H3,(H,27,32)(H,29,33,34). The van der Waals surface area contributed by atoms with E-state index in [1.807, 2.05) is 62.7 Å². The number of anilines is 1. The molecular weight excluding hydrogens is 432 g/mol. The molecule has 0 unspecified atom stereocenters. The van der Waals surface area contributed by atoms with Gasteiger partial charge >= 0.3 is 5.69 Å². The summed E-state index contributed by atoms with van der Waals surface area (Å²) >= 11 is 0. The highest BCUT2D eigenvalue weighted by atomic mass is 16.2. The molecule has 0 bridgehead atoms. The third kappa shape index (κ3) is 4.54. The maximum Gasteiger partial charge on any atom is 0.329 e. The molecule has 9 heteroatoms. The van der Waals surface area contributed by atoms with Crippen LogP contribution in [-0.4, -0.2) is 30.0 Å². The normalized spacial score (nSPS) is 11.3. The quantitative estimate of drug-likeness (QED) is 0.439. The average Bonchev–Trinajstić information content (AvgIpc) is 3.21. The molecule has 4 rings (SSSR count). The molecule has 0 aliphatic carbocycles. The van der Waals surface area contributed by atoms with Crippen molar-refractivity contribution in [1.29, 1.82) is 0 Å². The molecule has 3 heterocycles. The second-order valence-electron chi connectivity index (χ2n) is 8.61. The number of H-pyrrole nitrogens is 1. The average molecular weight is 461 g/mol. The number of carbonyl (C=O) groups is 1. The first-order valence-corrected chi connectivity index (χ1v) is 11.3. The van der Waals surface area contributed by atoms with Gasteiger partial charge in [-0.25, -0.2) is 14.8 Å². The van der Waals surface area contributed by atoms with Crippen molar-refractivity contribution < 1.29 is 4.79 Å². The summed E-state index contributed by atoms with van der Waals surface area (Å²) in [6.07, 6.45) is 4.36. The number of aromatic amines is 1. The number of hydrogen-bond acceptors (Lipinski definition) is 5. The number of fused-ring (bicyclic) bond motifs is 1. The predicted molar refractivity (Wildman–Crippen MR) is 131 cm³/mol. The van der Waals surface area contributed by atoms with Crippen LogP contribution in [0.15, 0.2) is 52.3 Å². The lowest BCUT2D eigenvalue weighted by atomic mass is 10.0. The number of nitrogens with zero attached hydrogens (tertiary/aromatic N) is 4. The van der Waals surface area contributed by atoms with Crippen molar-refractivity contribution in [3.05, 3.63) is 86.2 Å². The lowest BCUT2D eigenvalue weighted by molar-refractivity contribution is 0.102. The van der Waals surface area contributed by atoms with Crippen LogP contribution in [0.1, 0.15) is 60.5 Å². The largest absolute Gasteiger partial charge is 0.331 e. The number of aryl methyl sites for hydroxylation is 2. The zero-order valence-corrected chi connectivity index (χ0v) is 19.8. The SMILES string of the molecule is CCCn1c(=O)[nH]c(=O)c2c(C(=O)Nc3ccc(Cn4ccnc4C)cc3)cc(C(C)C)nc21. The fourth-order valence-electron chi connectivity index (χ4n) is 3.86. The van der Waals surface area contributed by atoms with Gasteiger partial charge in [0.25, 0.3) is 11.5 Å². The van der Waals surface area contributed by atoms with E-state index in [0.29, 0.717) is 30.9 Å². The van der Waals surface area contributed by atoms with Crippen molar-refractivity contribution in [3.63, 3.8) is 0 Å². The molecule has 3 aromatic heterocycles. The monoisotopic (exact) mass is 460 g/mol. The predicted octanol–water partition coefficient (Wildman–Crippen LogP) is 3.42. The Kier molecular flexibility index (Phi) is 6.45. The van der Waals surface area contributed by atoms with Crippen LogP contribution in [0.4, 0.5) is 5.69 Å². The number of carbonyl (C=O) groups excluding carboxylic acids is 1. The maximum absolute atomic E-state index is 13.3. The van der Waals surface area contributed by atoms with Crippen molar-refractivity contribution in [2.45, 2.75) is 53.1 Å². The van der Waals surface area contributed by atoms with Gasteiger partial charge in [-0.05, 0) is 43.0 Å². The summed E-state index contributed by atoms with van der Waals surface area (Å²) in [5, 5.41) is 2.99. The van der Waals surface area contributed by atoms with Gasteiger partial charge in [0, 0.05) is 36.9 Å². The van der Waals surface area contributed by atoms with Gasteiger partial charge in [-0.3, -0.25) is 19.1 Å². The first kappa shape index (κ1) is 23.2. The van der Waals surface area contributed by atoms with Crippen LogP contribution >= 0.6 is 0 Å². The first-order valence-electron chi connectivity index (χ1n) is 11.3. The Morgan fingerprint density at radius 1 is 1.18 bits per heavy atom. The Morgan fingerprint density at radius 2 is 1.91 bits per heavy atom. The number of imidazole rings is 1. The molecule has 176 valence electrons. The van der Waals surface area contributed by atoms with Gasteiger partial charge in [0.1, 0.15) is 5.82 Å². The number of aromatic nitrogens is 5. The van der Waals surface area contributed by atoms with E-state index in [9.17, 15) is 14.4 Å². The number of benzene rings is 1. The van der Waals surface area contributed by atoms with Crippen LogP contribution < -0.4 is 16.6 Å². The molecule has 2 N–H and O–H groups in total. The summed E-state index contributed by atoms with van der Waals surface area (Å²) in [4.78, 5) is 49.6. The highest BCUT2D eigenvalue weighted by Gasteiger charge is 2.20. The van der Waals surface area contributed by atoms with E-state index in [2.05, 4.69) is 20.3 Å². The highest BCUT2D eigenvalue weighted by Crippen LogP contribution is 2.21. The second-order valence-corrected chi connectivity index (χ2v) is 8.61. The molecule has 0 atom stereocenters. The van der Waals surface area contributed by atoms with Gasteiger partial charge in [-0.15, -0.1) is 0 Å². The Hall–Kier alpha value is -4.01. The molecule has 1 amide bonds. The first-order chi connectivity index (χ1) is 16.3. The van der Waals surface area contributed by atoms with E-state index < -0.39 is 17.2 Å². The minimum absolute atomic E-state index is 0.00586. The third-order valence-corrected chi connectivity index (χ3v) is 5.74.